The van der Waals surface area contributed by atoms with Crippen LogP contribution in [-0.4, -0.2) is 44.2 Å². The van der Waals surface area contributed by atoms with Gasteiger partial charge in [0.05, 0.1) is 18.4 Å². The van der Waals surface area contributed by atoms with Gasteiger partial charge in [0.1, 0.15) is 11.3 Å². The van der Waals surface area contributed by atoms with Crippen LogP contribution >= 0.6 is 0 Å². The van der Waals surface area contributed by atoms with Crippen LogP contribution in [0.1, 0.15) is 58.4 Å². The van der Waals surface area contributed by atoms with Gasteiger partial charge in [0.2, 0.25) is 11.8 Å². The summed E-state index contributed by atoms with van der Waals surface area (Å²) in [4.78, 5) is 8.75. The maximum atomic E-state index is 14.7. The van der Waals surface area contributed by atoms with Crippen LogP contribution in [0.2, 0.25) is 0 Å². The molecule has 0 bridgehead atoms. The summed E-state index contributed by atoms with van der Waals surface area (Å²) in [6.45, 7) is 5.70. The molecule has 33 heavy (non-hydrogen) atoms. The van der Waals surface area contributed by atoms with E-state index in [2.05, 4.69) is 20.4 Å². The molecule has 0 radical (unpaired) electrons. The first-order valence-electron chi connectivity index (χ1n) is 11.5. The van der Waals surface area contributed by atoms with Crippen LogP contribution in [-0.2, 0) is 0 Å². The van der Waals surface area contributed by atoms with Gasteiger partial charge in [0.25, 0.3) is 0 Å². The van der Waals surface area contributed by atoms with Crippen molar-refractivity contribution in [2.45, 2.75) is 64.5 Å². The number of allylic oxidation sites excluding steroid dienone is 5. The second kappa shape index (κ2) is 9.47. The fourth-order valence-electron chi connectivity index (χ4n) is 4.41. The van der Waals surface area contributed by atoms with Crippen LogP contribution in [0.15, 0.2) is 47.5 Å². The molecule has 2 aromatic heterocycles. The van der Waals surface area contributed by atoms with Gasteiger partial charge >= 0.3 is 0 Å². The predicted molar refractivity (Wildman–Crippen MR) is 129 cm³/mol. The van der Waals surface area contributed by atoms with Gasteiger partial charge in [-0.05, 0) is 62.7 Å². The third-order valence-electron chi connectivity index (χ3n) is 6.62. The number of nitrogens with one attached hydrogen (secondary N) is 1. The Hall–Kier alpha value is -3.00. The Balaban J connectivity index is 1.67. The highest BCUT2D eigenvalue weighted by Crippen LogP contribution is 2.34. The molecule has 0 spiro atoms. The minimum atomic E-state index is -0.557. The van der Waals surface area contributed by atoms with Crippen LogP contribution < -0.4 is 10.1 Å². The number of anilines is 1. The lowest BCUT2D eigenvalue weighted by Crippen LogP contribution is -2.38. The lowest BCUT2D eigenvalue weighted by Gasteiger charge is -2.35. The van der Waals surface area contributed by atoms with Crippen LogP contribution in [0.5, 0.6) is 5.88 Å². The Morgan fingerprint density at radius 2 is 2.09 bits per heavy atom. The molecule has 0 saturated heterocycles. The van der Waals surface area contributed by atoms with E-state index in [1.807, 2.05) is 38.3 Å². The monoisotopic (exact) mass is 453 g/mol. The first kappa shape index (κ1) is 23.2. The molecule has 1 aliphatic heterocycles. The molecule has 176 valence electrons. The molecular weight excluding hydrogens is 421 g/mol. The van der Waals surface area contributed by atoms with E-state index in [-0.39, 0.29) is 17.8 Å². The largest absolute Gasteiger partial charge is 0.479 e. The summed E-state index contributed by atoms with van der Waals surface area (Å²) in [6, 6.07) is 2.09. The first-order chi connectivity index (χ1) is 15.8. The molecule has 4 rings (SSSR count). The molecule has 2 aromatic rings. The van der Waals surface area contributed by atoms with Crippen molar-refractivity contribution >= 4 is 22.7 Å². The smallest absolute Gasteiger partial charge is 0.244 e. The zero-order chi connectivity index (χ0) is 23.6. The number of ether oxygens (including phenoxy) is 1. The molecule has 1 atom stereocenters. The number of methoxy groups -OCH3 is 1. The molecule has 0 unspecified atom stereocenters. The quantitative estimate of drug-likeness (QED) is 0.658. The number of aromatic nitrogens is 3. The van der Waals surface area contributed by atoms with E-state index in [1.54, 1.807) is 24.7 Å². The average Bonchev–Trinajstić information content (AvgIpc) is 3.24. The minimum Gasteiger partial charge on any atom is -0.479 e. The molecule has 2 N–H and O–H groups in total. The lowest BCUT2D eigenvalue weighted by atomic mass is 9.80. The summed E-state index contributed by atoms with van der Waals surface area (Å²) in [7, 11) is 1.57. The number of hydrogen-bond donors (Lipinski definition) is 2. The fraction of sp³-hybridized carbons (Fsp3) is 0.480. The van der Waals surface area contributed by atoms with Gasteiger partial charge in [-0.1, -0.05) is 26.0 Å². The second-order valence-electron chi connectivity index (χ2n) is 8.99. The summed E-state index contributed by atoms with van der Waals surface area (Å²) in [5, 5.41) is 18.5. The van der Waals surface area contributed by atoms with Gasteiger partial charge in [0, 0.05) is 24.0 Å². The Kier molecular flexibility index (Phi) is 6.65. The highest BCUT2D eigenvalue weighted by atomic mass is 19.1. The molecule has 7 nitrogen and oxygen atoms in total. The normalized spacial score (nSPS) is 31.8. The van der Waals surface area contributed by atoms with E-state index in [0.717, 1.165) is 43.2 Å². The van der Waals surface area contributed by atoms with Crippen molar-refractivity contribution in [2.24, 2.45) is 10.9 Å². The van der Waals surface area contributed by atoms with E-state index in [1.165, 1.54) is 6.08 Å². The Morgan fingerprint density at radius 1 is 1.33 bits per heavy atom. The van der Waals surface area contributed by atoms with Crippen LogP contribution in [0.25, 0.3) is 11.1 Å². The van der Waals surface area contributed by atoms with Crippen molar-refractivity contribution in [2.75, 3.05) is 12.4 Å². The number of rotatable bonds is 5. The third-order valence-corrected chi connectivity index (χ3v) is 6.62. The van der Waals surface area contributed by atoms with E-state index in [4.69, 9.17) is 4.74 Å². The highest BCUT2D eigenvalue weighted by molar-refractivity contribution is 6.00. The van der Waals surface area contributed by atoms with Crippen molar-refractivity contribution in [3.8, 4) is 5.88 Å². The Bertz CT molecular complexity index is 1140. The van der Waals surface area contributed by atoms with E-state index < -0.39 is 5.60 Å². The number of aliphatic imine (C=N–C) groups is 1. The summed E-state index contributed by atoms with van der Waals surface area (Å²) in [5.74, 6) is 0.561. The first-order valence-corrected chi connectivity index (χ1v) is 11.5. The maximum Gasteiger partial charge on any atom is 0.244 e. The number of fused-ring (bicyclic) bond motifs is 1. The number of aliphatic hydroxyl groups is 1. The molecular formula is C25H32FN5O2. The fourth-order valence-corrected chi connectivity index (χ4v) is 4.41. The minimum absolute atomic E-state index is 0.0644. The van der Waals surface area contributed by atoms with E-state index in [9.17, 15) is 9.50 Å². The Labute approximate surface area is 193 Å². The molecule has 0 aromatic carbocycles. The summed E-state index contributed by atoms with van der Waals surface area (Å²) in [6.07, 6.45) is 12.9. The van der Waals surface area contributed by atoms with Gasteiger partial charge < -0.3 is 15.2 Å². The Morgan fingerprint density at radius 3 is 2.79 bits per heavy atom. The summed E-state index contributed by atoms with van der Waals surface area (Å²) in [5.41, 5.74) is 1.95. The molecule has 2 aliphatic rings. The molecule has 3 heterocycles. The maximum absolute atomic E-state index is 14.7. The number of halogens is 1. The average molecular weight is 454 g/mol. The van der Waals surface area contributed by atoms with Gasteiger partial charge in [0.15, 0.2) is 0 Å². The topological polar surface area (TPSA) is 84.0 Å². The van der Waals surface area contributed by atoms with Crippen molar-refractivity contribution < 1.29 is 14.2 Å². The van der Waals surface area contributed by atoms with E-state index in [0.29, 0.717) is 23.1 Å². The second-order valence-corrected chi connectivity index (χ2v) is 8.99. The van der Waals surface area contributed by atoms with E-state index >= 15 is 0 Å². The lowest BCUT2D eigenvalue weighted by molar-refractivity contribution is -0.00199. The molecule has 1 aliphatic carbocycles. The molecule has 8 heteroatoms. The SMILES string of the molecule is CCC1(O)CCC(Nc2nc(OC)c3c(C4=C\[C@@H](C)\C=C/N=C(C)\C(F)=C/4)ccn3n2)CC1. The third kappa shape index (κ3) is 5.00. The standard InChI is InChI=1S/C25H32FN5O2/c1-5-25(32)10-6-19(7-11-25)28-24-29-23(33-4)22-20(9-13-31(22)30-24)18-14-16(2)8-12-27-17(3)21(26)15-18/h8-9,12-16,19,32H,5-7,10-11H2,1-4H3,(H,28,30)/b12-8-,18-14+,21-15+,27-17-/t16-,19?,25?/m0/s1. The van der Waals surface area contributed by atoms with Crippen molar-refractivity contribution in [1.82, 2.24) is 14.6 Å². The van der Waals surface area contributed by atoms with Crippen molar-refractivity contribution in [3.05, 3.63) is 48.1 Å². The van der Waals surface area contributed by atoms with Crippen molar-refractivity contribution in [3.63, 3.8) is 0 Å². The summed E-state index contributed by atoms with van der Waals surface area (Å²) >= 11 is 0. The zero-order valence-corrected chi connectivity index (χ0v) is 19.7. The van der Waals surface area contributed by atoms with Gasteiger partial charge in [-0.3, -0.25) is 4.99 Å². The van der Waals surface area contributed by atoms with Crippen molar-refractivity contribution in [1.29, 1.82) is 0 Å². The summed E-state index contributed by atoms with van der Waals surface area (Å²) < 4.78 is 22.1. The van der Waals surface area contributed by atoms with Crippen LogP contribution in [0.3, 0.4) is 0 Å². The van der Waals surface area contributed by atoms with Gasteiger partial charge in [-0.2, -0.15) is 4.98 Å². The molecule has 1 fully saturated rings. The number of nitrogens with zero attached hydrogens (tertiary/aromatic N) is 4. The van der Waals surface area contributed by atoms with Crippen LogP contribution in [0, 0.1) is 5.92 Å². The van der Waals surface area contributed by atoms with Gasteiger partial charge in [-0.25, -0.2) is 8.91 Å². The molecule has 0 amide bonds. The number of hydrogen-bond acceptors (Lipinski definition) is 6. The zero-order valence-electron chi connectivity index (χ0n) is 19.7. The predicted octanol–water partition coefficient (Wildman–Crippen LogP) is 5.09. The highest BCUT2D eigenvalue weighted by Gasteiger charge is 2.32. The van der Waals surface area contributed by atoms with Crippen LogP contribution in [0.4, 0.5) is 10.3 Å². The molecule has 1 saturated carbocycles. The van der Waals surface area contributed by atoms with Gasteiger partial charge in [-0.15, -0.1) is 5.10 Å².